The smallest absolute Gasteiger partial charge is 0.312 e. The van der Waals surface area contributed by atoms with E-state index in [9.17, 15) is 9.59 Å². The van der Waals surface area contributed by atoms with Gasteiger partial charge >= 0.3 is 5.97 Å². The highest BCUT2D eigenvalue weighted by molar-refractivity contribution is 6.31. The first-order valence-electron chi connectivity index (χ1n) is 9.08. The van der Waals surface area contributed by atoms with Crippen molar-refractivity contribution in [1.29, 1.82) is 0 Å². The molecule has 0 aliphatic carbocycles. The SMILES string of the molecule is CCCCOC(=O)[C@@H]1[C@H]2C(=O)N(c3ccc(Cl)c(C)c3)C[C@]23C=C[C@H]1O3. The second-order valence-corrected chi connectivity index (χ2v) is 7.69. The van der Waals surface area contributed by atoms with Crippen LogP contribution in [0.3, 0.4) is 0 Å². The van der Waals surface area contributed by atoms with Gasteiger partial charge in [0.2, 0.25) is 5.91 Å². The maximum Gasteiger partial charge on any atom is 0.312 e. The molecule has 1 amide bonds. The zero-order valence-electron chi connectivity index (χ0n) is 14.9. The van der Waals surface area contributed by atoms with Gasteiger partial charge in [-0.15, -0.1) is 0 Å². The highest BCUT2D eigenvalue weighted by atomic mass is 35.5. The summed E-state index contributed by atoms with van der Waals surface area (Å²) in [5, 5.41) is 0.660. The normalized spacial score (nSPS) is 31.6. The number of aryl methyl sites for hydroxylation is 1. The number of anilines is 1. The van der Waals surface area contributed by atoms with Crippen LogP contribution in [-0.4, -0.2) is 36.7 Å². The van der Waals surface area contributed by atoms with Crippen LogP contribution >= 0.6 is 11.6 Å². The molecule has 3 aliphatic rings. The number of hydrogen-bond acceptors (Lipinski definition) is 4. The fourth-order valence-corrected chi connectivity index (χ4v) is 4.31. The van der Waals surface area contributed by atoms with Gasteiger partial charge in [-0.05, 0) is 37.1 Å². The van der Waals surface area contributed by atoms with E-state index in [1.807, 2.05) is 38.1 Å². The molecule has 1 aromatic rings. The number of unbranched alkanes of at least 4 members (excludes halogenated alkanes) is 1. The van der Waals surface area contributed by atoms with Crippen LogP contribution in [-0.2, 0) is 19.1 Å². The van der Waals surface area contributed by atoms with Crippen LogP contribution in [0.15, 0.2) is 30.4 Å². The molecule has 0 unspecified atom stereocenters. The third-order valence-electron chi connectivity index (χ3n) is 5.57. The Kier molecular flexibility index (Phi) is 4.32. The lowest BCUT2D eigenvalue weighted by Crippen LogP contribution is -2.40. The van der Waals surface area contributed by atoms with Gasteiger partial charge in [0.05, 0.1) is 25.2 Å². The van der Waals surface area contributed by atoms with E-state index in [2.05, 4.69) is 0 Å². The fourth-order valence-electron chi connectivity index (χ4n) is 4.20. The number of esters is 1. The minimum atomic E-state index is -0.732. The summed E-state index contributed by atoms with van der Waals surface area (Å²) in [4.78, 5) is 27.5. The van der Waals surface area contributed by atoms with Crippen LogP contribution in [0.4, 0.5) is 5.69 Å². The zero-order chi connectivity index (χ0) is 18.5. The highest BCUT2D eigenvalue weighted by Crippen LogP contribution is 2.53. The summed E-state index contributed by atoms with van der Waals surface area (Å²) in [7, 11) is 0. The van der Waals surface area contributed by atoms with E-state index in [1.165, 1.54) is 0 Å². The topological polar surface area (TPSA) is 55.8 Å². The maximum atomic E-state index is 13.2. The average Bonchev–Trinajstić information content (AvgIpc) is 3.26. The molecule has 4 atom stereocenters. The Bertz CT molecular complexity index is 792. The molecule has 2 fully saturated rings. The van der Waals surface area contributed by atoms with Crippen molar-refractivity contribution in [2.75, 3.05) is 18.1 Å². The molecule has 6 heteroatoms. The van der Waals surface area contributed by atoms with Crippen LogP contribution in [0, 0.1) is 18.8 Å². The number of halogens is 1. The number of carbonyl (C=O) groups is 2. The first-order chi connectivity index (χ1) is 12.5. The predicted molar refractivity (Wildman–Crippen MR) is 98.1 cm³/mol. The van der Waals surface area contributed by atoms with E-state index in [-0.39, 0.29) is 18.0 Å². The molecule has 4 rings (SSSR count). The third-order valence-corrected chi connectivity index (χ3v) is 5.99. The van der Waals surface area contributed by atoms with Crippen LogP contribution < -0.4 is 4.90 Å². The van der Waals surface area contributed by atoms with Crippen LogP contribution in [0.2, 0.25) is 5.02 Å². The standard InChI is InChI=1S/C20H22ClNO4/c1-3-4-9-25-19(24)16-15-7-8-20(26-15)11-22(18(23)17(16)20)13-5-6-14(21)12(2)10-13/h5-8,10,15-17H,3-4,9,11H2,1-2H3/t15-,16+,17+,20-/m1/s1. The number of fused-ring (bicyclic) bond motifs is 1. The molecule has 0 saturated carbocycles. The molecule has 3 heterocycles. The predicted octanol–water partition coefficient (Wildman–Crippen LogP) is 3.28. The molecule has 3 aliphatic heterocycles. The minimum absolute atomic E-state index is 0.0870. The molecule has 1 spiro atoms. The van der Waals surface area contributed by atoms with Crippen molar-refractivity contribution >= 4 is 29.2 Å². The number of nitrogens with zero attached hydrogens (tertiary/aromatic N) is 1. The highest BCUT2D eigenvalue weighted by Gasteiger charge is 2.67. The Morgan fingerprint density at radius 1 is 1.46 bits per heavy atom. The number of ether oxygens (including phenoxy) is 2. The zero-order valence-corrected chi connectivity index (χ0v) is 15.7. The lowest BCUT2D eigenvalue weighted by molar-refractivity contribution is -0.152. The van der Waals surface area contributed by atoms with Gasteiger partial charge in [0.1, 0.15) is 11.5 Å². The van der Waals surface area contributed by atoms with Crippen molar-refractivity contribution in [3.63, 3.8) is 0 Å². The number of rotatable bonds is 5. The van der Waals surface area contributed by atoms with Gasteiger partial charge in [-0.25, -0.2) is 0 Å². The van der Waals surface area contributed by atoms with Gasteiger partial charge in [0, 0.05) is 10.7 Å². The summed E-state index contributed by atoms with van der Waals surface area (Å²) in [5.74, 6) is -1.51. The summed E-state index contributed by atoms with van der Waals surface area (Å²) in [5.41, 5.74) is 0.950. The van der Waals surface area contributed by atoms with Gasteiger partial charge in [-0.1, -0.05) is 37.1 Å². The first-order valence-corrected chi connectivity index (χ1v) is 9.46. The van der Waals surface area contributed by atoms with Crippen molar-refractivity contribution in [3.05, 3.63) is 40.9 Å². The second kappa shape index (κ2) is 6.39. The molecule has 2 bridgehead atoms. The molecule has 0 aromatic heterocycles. The number of hydrogen-bond donors (Lipinski definition) is 0. The summed E-state index contributed by atoms with van der Waals surface area (Å²) in [6.07, 6.45) is 5.24. The van der Waals surface area contributed by atoms with E-state index in [1.54, 1.807) is 11.0 Å². The molecule has 5 nitrogen and oxygen atoms in total. The van der Waals surface area contributed by atoms with E-state index in [0.29, 0.717) is 18.2 Å². The summed E-state index contributed by atoms with van der Waals surface area (Å²) in [6.45, 7) is 4.74. The third kappa shape index (κ3) is 2.57. The summed E-state index contributed by atoms with van der Waals surface area (Å²) in [6, 6.07) is 5.51. The maximum absolute atomic E-state index is 13.2. The van der Waals surface area contributed by atoms with E-state index < -0.39 is 17.4 Å². The summed E-state index contributed by atoms with van der Waals surface area (Å²) < 4.78 is 11.5. The van der Waals surface area contributed by atoms with Crippen LogP contribution in [0.25, 0.3) is 0 Å². The Balaban J connectivity index is 1.60. The molecular formula is C20H22ClNO4. The van der Waals surface area contributed by atoms with Gasteiger partial charge in [0.15, 0.2) is 0 Å². The van der Waals surface area contributed by atoms with Crippen molar-refractivity contribution in [3.8, 4) is 0 Å². The van der Waals surface area contributed by atoms with E-state index in [4.69, 9.17) is 21.1 Å². The quantitative estimate of drug-likeness (QED) is 0.450. The fraction of sp³-hybridized carbons (Fsp3) is 0.500. The number of benzene rings is 1. The van der Waals surface area contributed by atoms with Crippen molar-refractivity contribution in [1.82, 2.24) is 0 Å². The van der Waals surface area contributed by atoms with Crippen molar-refractivity contribution in [2.45, 2.75) is 38.4 Å². The first kappa shape index (κ1) is 17.6. The molecular weight excluding hydrogens is 354 g/mol. The van der Waals surface area contributed by atoms with Gasteiger partial charge in [-0.3, -0.25) is 9.59 Å². The van der Waals surface area contributed by atoms with Crippen molar-refractivity contribution < 1.29 is 19.1 Å². The molecule has 0 radical (unpaired) electrons. The van der Waals surface area contributed by atoms with Crippen molar-refractivity contribution in [2.24, 2.45) is 11.8 Å². The van der Waals surface area contributed by atoms with E-state index >= 15 is 0 Å². The molecule has 138 valence electrons. The van der Waals surface area contributed by atoms with Gasteiger partial charge in [-0.2, -0.15) is 0 Å². The summed E-state index contributed by atoms with van der Waals surface area (Å²) >= 11 is 6.11. The number of amides is 1. The second-order valence-electron chi connectivity index (χ2n) is 7.28. The minimum Gasteiger partial charge on any atom is -0.465 e. The Morgan fingerprint density at radius 3 is 3.00 bits per heavy atom. The van der Waals surface area contributed by atoms with Crippen LogP contribution in [0.5, 0.6) is 0 Å². The lowest BCUT2D eigenvalue weighted by atomic mass is 9.77. The monoisotopic (exact) mass is 375 g/mol. The lowest BCUT2D eigenvalue weighted by Gasteiger charge is -2.22. The Labute approximate surface area is 157 Å². The Morgan fingerprint density at radius 2 is 2.27 bits per heavy atom. The molecule has 2 saturated heterocycles. The van der Waals surface area contributed by atoms with E-state index in [0.717, 1.165) is 24.1 Å². The molecule has 0 N–H and O–H groups in total. The van der Waals surface area contributed by atoms with Gasteiger partial charge < -0.3 is 14.4 Å². The van der Waals surface area contributed by atoms with Gasteiger partial charge in [0.25, 0.3) is 0 Å². The Hall–Kier alpha value is -1.85. The molecule has 26 heavy (non-hydrogen) atoms. The average molecular weight is 376 g/mol. The number of carbonyl (C=O) groups excluding carboxylic acids is 2. The largest absolute Gasteiger partial charge is 0.465 e. The molecule has 1 aromatic carbocycles. The van der Waals surface area contributed by atoms with Crippen LogP contribution in [0.1, 0.15) is 25.3 Å².